The Hall–Kier alpha value is -2.70. The third-order valence-electron chi connectivity index (χ3n) is 6.09. The Balaban J connectivity index is 1.80. The molecule has 2 atom stereocenters. The van der Waals surface area contributed by atoms with E-state index in [-0.39, 0.29) is 18.9 Å². The van der Waals surface area contributed by atoms with Crippen LogP contribution in [0.25, 0.3) is 0 Å². The van der Waals surface area contributed by atoms with Gasteiger partial charge in [0, 0.05) is 20.0 Å². The van der Waals surface area contributed by atoms with Crippen LogP contribution in [0.4, 0.5) is 0 Å². The zero-order valence-electron chi connectivity index (χ0n) is 17.4. The molecule has 0 saturated carbocycles. The summed E-state index contributed by atoms with van der Waals surface area (Å²) in [6.45, 7) is 2.59. The number of amides is 1. The van der Waals surface area contributed by atoms with Gasteiger partial charge in [0.2, 0.25) is 0 Å². The lowest BCUT2D eigenvalue weighted by molar-refractivity contribution is -0.413. The topological polar surface area (TPSA) is 65.1 Å². The lowest BCUT2D eigenvalue weighted by atomic mass is 9.69. The highest BCUT2D eigenvalue weighted by atomic mass is 17.2. The van der Waals surface area contributed by atoms with Gasteiger partial charge in [-0.25, -0.2) is 9.78 Å². The van der Waals surface area contributed by atoms with Gasteiger partial charge in [-0.3, -0.25) is 9.59 Å². The molecule has 0 bridgehead atoms. The van der Waals surface area contributed by atoms with Crippen LogP contribution in [0, 0.1) is 5.41 Å². The lowest BCUT2D eigenvalue weighted by Crippen LogP contribution is -2.55. The van der Waals surface area contributed by atoms with E-state index in [9.17, 15) is 9.59 Å². The summed E-state index contributed by atoms with van der Waals surface area (Å²) in [6, 6.07) is 19.4. The monoisotopic (exact) mass is 409 g/mol. The number of carbonyl (C=O) groups excluding carboxylic acids is 2. The van der Waals surface area contributed by atoms with Crippen molar-refractivity contribution < 1.29 is 24.1 Å². The van der Waals surface area contributed by atoms with E-state index < -0.39 is 23.1 Å². The maximum Gasteiger partial charge on any atom is 0.317 e. The van der Waals surface area contributed by atoms with E-state index in [4.69, 9.17) is 14.5 Å². The quantitative estimate of drug-likeness (QED) is 0.415. The first kappa shape index (κ1) is 20.6. The highest BCUT2D eigenvalue weighted by Gasteiger charge is 2.66. The van der Waals surface area contributed by atoms with Crippen molar-refractivity contribution in [2.24, 2.45) is 5.41 Å². The number of unbranched alkanes of at least 4 members (excludes halogenated alkanes) is 1. The van der Waals surface area contributed by atoms with E-state index in [1.54, 1.807) is 7.05 Å². The van der Waals surface area contributed by atoms with Gasteiger partial charge in [-0.05, 0) is 17.5 Å². The molecule has 1 amide bonds. The van der Waals surface area contributed by atoms with Gasteiger partial charge in [0.1, 0.15) is 5.41 Å². The summed E-state index contributed by atoms with van der Waals surface area (Å²) in [5, 5.41) is 0. The molecule has 2 unspecified atom stereocenters. The summed E-state index contributed by atoms with van der Waals surface area (Å²) in [5.41, 5.74) is -0.465. The average Bonchev–Trinajstić information content (AvgIpc) is 3.05. The number of likely N-dealkylation sites (N-methyl/N-ethyl adjacent to an activating group) is 1. The molecule has 6 heteroatoms. The molecule has 2 saturated heterocycles. The third kappa shape index (κ3) is 3.30. The van der Waals surface area contributed by atoms with Gasteiger partial charge in [0.15, 0.2) is 11.7 Å². The molecule has 2 fully saturated rings. The van der Waals surface area contributed by atoms with E-state index in [0.717, 1.165) is 24.0 Å². The molecule has 158 valence electrons. The molecule has 6 nitrogen and oxygen atoms in total. The second-order valence-corrected chi connectivity index (χ2v) is 8.14. The second-order valence-electron chi connectivity index (χ2n) is 8.14. The van der Waals surface area contributed by atoms with Gasteiger partial charge in [-0.1, -0.05) is 74.0 Å². The Morgan fingerprint density at radius 3 is 2.27 bits per heavy atom. The normalized spacial score (nSPS) is 25.1. The number of carbonyl (C=O) groups is 2. The number of ether oxygens (including phenoxy) is 1. The molecule has 2 heterocycles. The van der Waals surface area contributed by atoms with Crippen LogP contribution in [-0.2, 0) is 29.7 Å². The summed E-state index contributed by atoms with van der Waals surface area (Å²) in [4.78, 5) is 39.5. The number of hydrogen-bond donors (Lipinski definition) is 0. The predicted octanol–water partition coefficient (Wildman–Crippen LogP) is 3.45. The summed E-state index contributed by atoms with van der Waals surface area (Å²) in [6.07, 6.45) is 0.924. The van der Waals surface area contributed by atoms with Crippen molar-refractivity contribution in [2.75, 3.05) is 20.2 Å². The summed E-state index contributed by atoms with van der Waals surface area (Å²) in [5.74, 6) is -0.671. The molecular formula is C24H27NO5. The Kier molecular flexibility index (Phi) is 5.62. The molecule has 30 heavy (non-hydrogen) atoms. The van der Waals surface area contributed by atoms with Crippen molar-refractivity contribution in [3.05, 3.63) is 71.8 Å². The standard InChI is InChI=1S/C24H27NO5/c1-3-4-15-28-22(27)23-16-24(18-11-7-5-8-12-18,19-13-9-6-10-14-19)30-29-20(23)21(26)25(2)17-23/h5-14,20H,3-4,15-17H2,1-2H3. The SMILES string of the molecule is CCCCOC(=O)C12CN(C)C(=O)C1OOC(c1ccccc1)(c1ccccc1)C2. The fraction of sp³-hybridized carbons (Fsp3) is 0.417. The molecule has 4 rings (SSSR count). The number of likely N-dealkylation sites (tertiary alicyclic amines) is 1. The Labute approximate surface area is 176 Å². The van der Waals surface area contributed by atoms with Crippen molar-refractivity contribution in [1.29, 1.82) is 0 Å². The minimum absolute atomic E-state index is 0.228. The van der Waals surface area contributed by atoms with Crippen LogP contribution in [0.2, 0.25) is 0 Å². The lowest BCUT2D eigenvalue weighted by Gasteiger charge is -2.45. The molecule has 0 aromatic heterocycles. The minimum atomic E-state index is -1.15. The summed E-state index contributed by atoms with van der Waals surface area (Å²) < 4.78 is 5.63. The minimum Gasteiger partial charge on any atom is -0.465 e. The number of esters is 1. The molecule has 0 radical (unpaired) electrons. The summed E-state index contributed by atoms with van der Waals surface area (Å²) in [7, 11) is 1.68. The first-order valence-corrected chi connectivity index (χ1v) is 10.4. The largest absolute Gasteiger partial charge is 0.465 e. The highest BCUT2D eigenvalue weighted by molar-refractivity contribution is 5.94. The fourth-order valence-corrected chi connectivity index (χ4v) is 4.48. The van der Waals surface area contributed by atoms with Crippen LogP contribution in [0.5, 0.6) is 0 Å². The average molecular weight is 409 g/mol. The van der Waals surface area contributed by atoms with Gasteiger partial charge in [0.05, 0.1) is 6.61 Å². The van der Waals surface area contributed by atoms with Crippen LogP contribution < -0.4 is 0 Å². The van der Waals surface area contributed by atoms with Crippen LogP contribution in [-0.4, -0.2) is 43.1 Å². The molecule has 0 aliphatic carbocycles. The van der Waals surface area contributed by atoms with Gasteiger partial charge >= 0.3 is 5.97 Å². The number of hydrogen-bond acceptors (Lipinski definition) is 5. The third-order valence-corrected chi connectivity index (χ3v) is 6.09. The van der Waals surface area contributed by atoms with E-state index >= 15 is 0 Å². The molecule has 0 N–H and O–H groups in total. The van der Waals surface area contributed by atoms with E-state index in [1.807, 2.05) is 67.6 Å². The molecule has 2 aliphatic rings. The number of rotatable bonds is 6. The van der Waals surface area contributed by atoms with Gasteiger partial charge in [0.25, 0.3) is 5.91 Å². The summed E-state index contributed by atoms with van der Waals surface area (Å²) >= 11 is 0. The number of benzene rings is 2. The Morgan fingerprint density at radius 1 is 1.10 bits per heavy atom. The van der Waals surface area contributed by atoms with Gasteiger partial charge in [-0.2, -0.15) is 0 Å². The first-order valence-electron chi connectivity index (χ1n) is 10.4. The Morgan fingerprint density at radius 2 is 1.70 bits per heavy atom. The number of nitrogens with zero attached hydrogens (tertiary/aromatic N) is 1. The van der Waals surface area contributed by atoms with Crippen molar-refractivity contribution in [2.45, 2.75) is 37.9 Å². The maximum absolute atomic E-state index is 13.4. The molecule has 2 aromatic carbocycles. The molecule has 0 spiro atoms. The predicted molar refractivity (Wildman–Crippen MR) is 110 cm³/mol. The zero-order valence-corrected chi connectivity index (χ0v) is 17.4. The van der Waals surface area contributed by atoms with Crippen molar-refractivity contribution in [3.63, 3.8) is 0 Å². The zero-order chi connectivity index (χ0) is 21.2. The first-order chi connectivity index (χ1) is 14.5. The molecule has 2 aliphatic heterocycles. The maximum atomic E-state index is 13.4. The Bertz CT molecular complexity index is 861. The molecular weight excluding hydrogens is 382 g/mol. The van der Waals surface area contributed by atoms with Crippen LogP contribution in [0.15, 0.2) is 60.7 Å². The van der Waals surface area contributed by atoms with E-state index in [0.29, 0.717) is 6.61 Å². The van der Waals surface area contributed by atoms with Crippen molar-refractivity contribution in [1.82, 2.24) is 4.90 Å². The van der Waals surface area contributed by atoms with Gasteiger partial charge in [-0.15, -0.1) is 0 Å². The van der Waals surface area contributed by atoms with Crippen molar-refractivity contribution in [3.8, 4) is 0 Å². The molecule has 2 aromatic rings. The number of fused-ring (bicyclic) bond motifs is 1. The smallest absolute Gasteiger partial charge is 0.317 e. The van der Waals surface area contributed by atoms with Crippen molar-refractivity contribution >= 4 is 11.9 Å². The van der Waals surface area contributed by atoms with Crippen LogP contribution in [0.1, 0.15) is 37.3 Å². The fourth-order valence-electron chi connectivity index (χ4n) is 4.48. The van der Waals surface area contributed by atoms with E-state index in [2.05, 4.69) is 0 Å². The van der Waals surface area contributed by atoms with E-state index in [1.165, 1.54) is 4.90 Å². The second kappa shape index (κ2) is 8.20. The highest BCUT2D eigenvalue weighted by Crippen LogP contribution is 2.53. The van der Waals surface area contributed by atoms with Gasteiger partial charge < -0.3 is 9.64 Å². The van der Waals surface area contributed by atoms with Crippen LogP contribution in [0.3, 0.4) is 0 Å². The van der Waals surface area contributed by atoms with Crippen LogP contribution >= 0.6 is 0 Å².